The topological polar surface area (TPSA) is 104 Å². The molecule has 0 aliphatic carbocycles. The van der Waals surface area contributed by atoms with Gasteiger partial charge in [-0.3, -0.25) is 19.1 Å². The average molecular weight is 477 g/mol. The van der Waals surface area contributed by atoms with E-state index >= 15 is 0 Å². The Hall–Kier alpha value is -3.98. The van der Waals surface area contributed by atoms with Crippen LogP contribution in [0.1, 0.15) is 15.9 Å². The Balaban J connectivity index is 1.38. The summed E-state index contributed by atoms with van der Waals surface area (Å²) in [5.74, 6) is 0.479. The smallest absolute Gasteiger partial charge is 0.329 e. The molecule has 0 unspecified atom stereocenters. The number of halogens is 1. The number of nitrogens with one attached hydrogen (secondary N) is 1. The van der Waals surface area contributed by atoms with E-state index in [0.717, 1.165) is 5.56 Å². The van der Waals surface area contributed by atoms with Crippen molar-refractivity contribution in [3.63, 3.8) is 0 Å². The van der Waals surface area contributed by atoms with Gasteiger partial charge in [0, 0.05) is 38.6 Å². The molecule has 2 aromatic carbocycles. The molecule has 4 aromatic rings. The zero-order valence-corrected chi connectivity index (χ0v) is 18.9. The number of aromatic nitrogens is 4. The summed E-state index contributed by atoms with van der Waals surface area (Å²) in [4.78, 5) is 52.6. The molecular formula is C24H21ClN6O3. The Bertz CT molecular complexity index is 1480. The molecule has 3 heterocycles. The van der Waals surface area contributed by atoms with Crippen LogP contribution < -0.4 is 16.1 Å². The quantitative estimate of drug-likeness (QED) is 0.484. The van der Waals surface area contributed by atoms with E-state index in [-0.39, 0.29) is 12.5 Å². The van der Waals surface area contributed by atoms with Gasteiger partial charge in [0.1, 0.15) is 0 Å². The molecule has 9 nitrogen and oxygen atoms in total. The molecule has 34 heavy (non-hydrogen) atoms. The molecular weight excluding hydrogens is 456 g/mol. The maximum Gasteiger partial charge on any atom is 0.329 e. The van der Waals surface area contributed by atoms with Crippen molar-refractivity contribution in [2.24, 2.45) is 0 Å². The molecule has 0 spiro atoms. The van der Waals surface area contributed by atoms with Crippen molar-refractivity contribution in [3.8, 4) is 0 Å². The van der Waals surface area contributed by atoms with Crippen LogP contribution in [-0.2, 0) is 6.54 Å². The number of hydrogen-bond acceptors (Lipinski definition) is 6. The van der Waals surface area contributed by atoms with E-state index in [4.69, 9.17) is 11.6 Å². The Morgan fingerprint density at radius 2 is 1.71 bits per heavy atom. The van der Waals surface area contributed by atoms with E-state index in [0.29, 0.717) is 53.6 Å². The van der Waals surface area contributed by atoms with Crippen LogP contribution in [0.5, 0.6) is 0 Å². The summed E-state index contributed by atoms with van der Waals surface area (Å²) in [5, 5.41) is 0.772. The summed E-state index contributed by atoms with van der Waals surface area (Å²) in [6.45, 7) is 2.45. The van der Waals surface area contributed by atoms with Gasteiger partial charge in [0.15, 0.2) is 0 Å². The zero-order valence-electron chi connectivity index (χ0n) is 18.1. The third-order valence-corrected chi connectivity index (χ3v) is 6.24. The number of hydrogen-bond donors (Lipinski definition) is 1. The van der Waals surface area contributed by atoms with Gasteiger partial charge in [0.05, 0.1) is 28.0 Å². The molecule has 1 N–H and O–H groups in total. The molecule has 1 aliphatic rings. The van der Waals surface area contributed by atoms with Crippen LogP contribution in [0.25, 0.3) is 10.9 Å². The first-order valence-electron chi connectivity index (χ1n) is 10.8. The van der Waals surface area contributed by atoms with E-state index < -0.39 is 11.2 Å². The second-order valence-electron chi connectivity index (χ2n) is 8.00. The van der Waals surface area contributed by atoms with Crippen molar-refractivity contribution < 1.29 is 4.79 Å². The molecule has 0 bridgehead atoms. The highest BCUT2D eigenvalue weighted by Gasteiger charge is 2.25. The summed E-state index contributed by atoms with van der Waals surface area (Å²) in [7, 11) is 0. The highest BCUT2D eigenvalue weighted by molar-refractivity contribution is 6.33. The normalized spacial score (nSPS) is 13.9. The van der Waals surface area contributed by atoms with Crippen LogP contribution in [0.4, 0.5) is 5.95 Å². The van der Waals surface area contributed by atoms with Crippen LogP contribution in [-0.4, -0.2) is 56.5 Å². The molecule has 0 atom stereocenters. The number of amides is 1. The van der Waals surface area contributed by atoms with Gasteiger partial charge in [-0.05, 0) is 35.9 Å². The fourth-order valence-electron chi connectivity index (χ4n) is 4.15. The number of nitrogens with zero attached hydrogens (tertiary/aromatic N) is 5. The van der Waals surface area contributed by atoms with Crippen LogP contribution in [0.2, 0.25) is 5.02 Å². The number of carbonyl (C=O) groups is 1. The van der Waals surface area contributed by atoms with E-state index in [9.17, 15) is 14.4 Å². The maximum absolute atomic E-state index is 13.3. The van der Waals surface area contributed by atoms with E-state index in [1.165, 1.54) is 4.57 Å². The van der Waals surface area contributed by atoms with Gasteiger partial charge in [-0.15, -0.1) is 0 Å². The summed E-state index contributed by atoms with van der Waals surface area (Å²) < 4.78 is 1.48. The van der Waals surface area contributed by atoms with Gasteiger partial charge in [-0.1, -0.05) is 29.8 Å². The molecule has 0 saturated carbocycles. The Morgan fingerprint density at radius 1 is 0.971 bits per heavy atom. The largest absolute Gasteiger partial charge is 0.337 e. The van der Waals surface area contributed by atoms with Gasteiger partial charge < -0.3 is 9.80 Å². The van der Waals surface area contributed by atoms with E-state index in [1.54, 1.807) is 65.8 Å². The highest BCUT2D eigenvalue weighted by atomic mass is 35.5. The first kappa shape index (κ1) is 21.8. The fourth-order valence-corrected chi connectivity index (χ4v) is 4.35. The molecule has 1 amide bonds. The molecule has 1 aliphatic heterocycles. The number of rotatable bonds is 4. The minimum Gasteiger partial charge on any atom is -0.337 e. The number of para-hydroxylation sites is 1. The van der Waals surface area contributed by atoms with E-state index in [2.05, 4.69) is 15.0 Å². The lowest BCUT2D eigenvalue weighted by Crippen LogP contribution is -2.49. The standard InChI is InChI=1S/C24H21ClN6O3/c25-19-7-6-16(15-31-20-5-2-1-4-17(20)21(32)28-24(31)34)14-18(19)22(33)29-10-12-30(13-11-29)23-26-8-3-9-27-23/h1-9,14H,10-13,15H2,(H,28,32,34). The molecule has 1 saturated heterocycles. The zero-order chi connectivity index (χ0) is 23.7. The van der Waals surface area contributed by atoms with Crippen molar-refractivity contribution in [2.45, 2.75) is 6.54 Å². The minimum absolute atomic E-state index is 0.167. The number of piperazine rings is 1. The van der Waals surface area contributed by atoms with Gasteiger partial charge in [0.2, 0.25) is 5.95 Å². The van der Waals surface area contributed by atoms with Crippen molar-refractivity contribution in [2.75, 3.05) is 31.1 Å². The molecule has 2 aromatic heterocycles. The SMILES string of the molecule is O=C(c1cc(Cn2c(=O)[nH]c(=O)c3ccccc32)ccc1Cl)N1CCN(c2ncccn2)CC1. The Kier molecular flexibility index (Phi) is 5.85. The third-order valence-electron chi connectivity index (χ3n) is 5.91. The van der Waals surface area contributed by atoms with Crippen LogP contribution >= 0.6 is 11.6 Å². The molecule has 5 rings (SSSR count). The second kappa shape index (κ2) is 9.11. The number of aromatic amines is 1. The summed E-state index contributed by atoms with van der Waals surface area (Å²) in [5.41, 5.74) is 0.696. The number of H-pyrrole nitrogens is 1. The van der Waals surface area contributed by atoms with Gasteiger partial charge in [0.25, 0.3) is 11.5 Å². The summed E-state index contributed by atoms with van der Waals surface area (Å²) >= 11 is 6.39. The van der Waals surface area contributed by atoms with Crippen molar-refractivity contribution >= 4 is 34.4 Å². The third kappa shape index (κ3) is 4.17. The monoisotopic (exact) mass is 476 g/mol. The van der Waals surface area contributed by atoms with Gasteiger partial charge >= 0.3 is 5.69 Å². The predicted octanol–water partition coefficient (Wildman–Crippen LogP) is 2.14. The number of anilines is 1. The predicted molar refractivity (Wildman–Crippen MR) is 130 cm³/mol. The lowest BCUT2D eigenvalue weighted by molar-refractivity contribution is 0.0746. The molecule has 10 heteroatoms. The summed E-state index contributed by atoms with van der Waals surface area (Å²) in [6, 6.07) is 13.8. The lowest BCUT2D eigenvalue weighted by Gasteiger charge is -2.34. The van der Waals surface area contributed by atoms with Crippen molar-refractivity contribution in [3.05, 3.63) is 97.9 Å². The van der Waals surface area contributed by atoms with Crippen LogP contribution in [0.3, 0.4) is 0 Å². The molecule has 0 radical (unpaired) electrons. The van der Waals surface area contributed by atoms with Crippen LogP contribution in [0, 0.1) is 0 Å². The van der Waals surface area contributed by atoms with E-state index in [1.807, 2.05) is 4.90 Å². The van der Waals surface area contributed by atoms with Gasteiger partial charge in [-0.2, -0.15) is 0 Å². The minimum atomic E-state index is -0.509. The lowest BCUT2D eigenvalue weighted by atomic mass is 10.1. The number of benzene rings is 2. The van der Waals surface area contributed by atoms with Crippen molar-refractivity contribution in [1.29, 1.82) is 0 Å². The maximum atomic E-state index is 13.3. The number of fused-ring (bicyclic) bond motifs is 1. The summed E-state index contributed by atoms with van der Waals surface area (Å²) in [6.07, 6.45) is 3.39. The molecule has 1 fully saturated rings. The fraction of sp³-hybridized carbons (Fsp3) is 0.208. The Morgan fingerprint density at radius 3 is 2.47 bits per heavy atom. The number of carbonyl (C=O) groups excluding carboxylic acids is 1. The van der Waals surface area contributed by atoms with Crippen LogP contribution in [0.15, 0.2) is 70.5 Å². The van der Waals surface area contributed by atoms with Crippen molar-refractivity contribution in [1.82, 2.24) is 24.4 Å². The molecule has 172 valence electrons. The first-order chi connectivity index (χ1) is 16.5. The first-order valence-corrected chi connectivity index (χ1v) is 11.2. The second-order valence-corrected chi connectivity index (χ2v) is 8.41. The Labute approximate surface area is 199 Å². The highest BCUT2D eigenvalue weighted by Crippen LogP contribution is 2.22. The van der Waals surface area contributed by atoms with Gasteiger partial charge in [-0.25, -0.2) is 14.8 Å². The average Bonchev–Trinajstić information content (AvgIpc) is 2.88.